The molecule has 0 radical (unpaired) electrons. The molecule has 128 valence electrons. The van der Waals surface area contributed by atoms with Gasteiger partial charge in [0.15, 0.2) is 0 Å². The van der Waals surface area contributed by atoms with Gasteiger partial charge < -0.3 is 4.90 Å². The molecule has 5 nitrogen and oxygen atoms in total. The number of benzene rings is 2. The normalized spacial score (nSPS) is 11.2. The lowest BCUT2D eigenvalue weighted by atomic mass is 10.2. The fourth-order valence-corrected chi connectivity index (χ4v) is 3.76. The van der Waals surface area contributed by atoms with E-state index >= 15 is 0 Å². The highest BCUT2D eigenvalue weighted by molar-refractivity contribution is 7.92. The Hall–Kier alpha value is -1.76. The maximum Gasteiger partial charge on any atom is 0.263 e. The number of anilines is 1. The fraction of sp³-hybridized carbons (Fsp3) is 0.188. The van der Waals surface area contributed by atoms with Gasteiger partial charge in [-0.2, -0.15) is 0 Å². The molecule has 0 atom stereocenters. The first kappa shape index (κ1) is 18.6. The lowest BCUT2D eigenvalue weighted by molar-refractivity contribution is 0.0802. The maximum absolute atomic E-state index is 12.4. The third-order valence-corrected chi connectivity index (χ3v) is 5.49. The zero-order chi connectivity index (χ0) is 17.9. The standard InChI is InChI=1S/C16H16Cl2N2O3S/c1-3-20(2)16(21)11-4-7-13(8-5-11)19-24(22,23)15-10-12(17)6-9-14(15)18/h4-10,19H,3H2,1-2H3. The molecule has 2 aromatic carbocycles. The molecule has 0 aliphatic heterocycles. The molecule has 0 saturated heterocycles. The minimum absolute atomic E-state index is 0.0725. The van der Waals surface area contributed by atoms with E-state index in [-0.39, 0.29) is 20.8 Å². The van der Waals surface area contributed by atoms with Gasteiger partial charge in [0.05, 0.1) is 5.02 Å². The summed E-state index contributed by atoms with van der Waals surface area (Å²) in [6.45, 7) is 2.45. The van der Waals surface area contributed by atoms with Gasteiger partial charge in [-0.3, -0.25) is 9.52 Å². The number of amides is 1. The number of rotatable bonds is 5. The van der Waals surface area contributed by atoms with Crippen LogP contribution >= 0.6 is 23.2 Å². The van der Waals surface area contributed by atoms with Gasteiger partial charge >= 0.3 is 0 Å². The number of carbonyl (C=O) groups excluding carboxylic acids is 1. The van der Waals surface area contributed by atoms with E-state index in [4.69, 9.17) is 23.2 Å². The molecule has 2 aromatic rings. The molecule has 0 aliphatic rings. The molecule has 0 saturated carbocycles. The average Bonchev–Trinajstić information content (AvgIpc) is 2.56. The highest BCUT2D eigenvalue weighted by Crippen LogP contribution is 2.27. The molecule has 0 heterocycles. The molecule has 0 unspecified atom stereocenters. The van der Waals surface area contributed by atoms with Crippen molar-refractivity contribution in [3.63, 3.8) is 0 Å². The molecule has 0 aliphatic carbocycles. The molecule has 0 bridgehead atoms. The molecule has 0 aromatic heterocycles. The number of nitrogens with zero attached hydrogens (tertiary/aromatic N) is 1. The van der Waals surface area contributed by atoms with Crippen molar-refractivity contribution in [3.05, 3.63) is 58.1 Å². The monoisotopic (exact) mass is 386 g/mol. The van der Waals surface area contributed by atoms with E-state index < -0.39 is 10.0 Å². The molecular weight excluding hydrogens is 371 g/mol. The molecule has 0 fully saturated rings. The first-order valence-corrected chi connectivity index (χ1v) is 9.32. The third kappa shape index (κ3) is 4.20. The third-order valence-electron chi connectivity index (χ3n) is 3.39. The highest BCUT2D eigenvalue weighted by atomic mass is 35.5. The summed E-state index contributed by atoms with van der Waals surface area (Å²) < 4.78 is 27.3. The van der Waals surface area contributed by atoms with Gasteiger partial charge in [-0.25, -0.2) is 8.42 Å². The Morgan fingerprint density at radius 2 is 1.75 bits per heavy atom. The van der Waals surface area contributed by atoms with E-state index in [1.807, 2.05) is 6.92 Å². The molecule has 0 spiro atoms. The van der Waals surface area contributed by atoms with Crippen molar-refractivity contribution in [3.8, 4) is 0 Å². The lowest BCUT2D eigenvalue weighted by Crippen LogP contribution is -2.26. The number of nitrogens with one attached hydrogen (secondary N) is 1. The van der Waals surface area contributed by atoms with Gasteiger partial charge in [0, 0.05) is 29.9 Å². The molecule has 24 heavy (non-hydrogen) atoms. The highest BCUT2D eigenvalue weighted by Gasteiger charge is 2.19. The van der Waals surface area contributed by atoms with Crippen molar-refractivity contribution >= 4 is 44.8 Å². The number of hydrogen-bond donors (Lipinski definition) is 1. The van der Waals surface area contributed by atoms with Crippen LogP contribution in [0.3, 0.4) is 0 Å². The summed E-state index contributed by atoms with van der Waals surface area (Å²) in [6, 6.07) is 10.4. The van der Waals surface area contributed by atoms with E-state index in [1.165, 1.54) is 30.3 Å². The Balaban J connectivity index is 2.24. The summed E-state index contributed by atoms with van der Waals surface area (Å²) in [6.07, 6.45) is 0. The quantitative estimate of drug-likeness (QED) is 0.847. The smallest absolute Gasteiger partial charge is 0.263 e. The Labute approximate surface area is 151 Å². The zero-order valence-electron chi connectivity index (χ0n) is 13.1. The Bertz CT molecular complexity index is 852. The Morgan fingerprint density at radius 3 is 2.33 bits per heavy atom. The van der Waals surface area contributed by atoms with Crippen LogP contribution in [0.5, 0.6) is 0 Å². The maximum atomic E-state index is 12.4. The number of sulfonamides is 1. The summed E-state index contributed by atoms with van der Waals surface area (Å²) in [5, 5.41) is 0.339. The van der Waals surface area contributed by atoms with E-state index in [2.05, 4.69) is 4.72 Å². The molecular formula is C16H16Cl2N2O3S. The SMILES string of the molecule is CCN(C)C(=O)c1ccc(NS(=O)(=O)c2cc(Cl)ccc2Cl)cc1. The number of halogens is 2. The predicted molar refractivity (Wildman–Crippen MR) is 96.3 cm³/mol. The van der Waals surface area contributed by atoms with Crippen LogP contribution in [0.25, 0.3) is 0 Å². The first-order chi connectivity index (χ1) is 11.2. The lowest BCUT2D eigenvalue weighted by Gasteiger charge is -2.15. The van der Waals surface area contributed by atoms with Crippen molar-refractivity contribution in [2.24, 2.45) is 0 Å². The Kier molecular flexibility index (Phi) is 5.74. The summed E-state index contributed by atoms with van der Waals surface area (Å²) in [7, 11) is -2.19. The number of hydrogen-bond acceptors (Lipinski definition) is 3. The van der Waals surface area contributed by atoms with Crippen LogP contribution in [-0.4, -0.2) is 32.8 Å². The van der Waals surface area contributed by atoms with E-state index in [0.29, 0.717) is 17.8 Å². The van der Waals surface area contributed by atoms with Gasteiger partial charge in [0.1, 0.15) is 4.90 Å². The van der Waals surface area contributed by atoms with Crippen LogP contribution in [0.1, 0.15) is 17.3 Å². The second kappa shape index (κ2) is 7.42. The summed E-state index contributed by atoms with van der Waals surface area (Å²) in [4.78, 5) is 13.5. The van der Waals surface area contributed by atoms with Crippen LogP contribution in [0.2, 0.25) is 10.0 Å². The largest absolute Gasteiger partial charge is 0.342 e. The molecule has 1 amide bonds. The first-order valence-electron chi connectivity index (χ1n) is 7.08. The summed E-state index contributed by atoms with van der Waals surface area (Å²) in [5.41, 5.74) is 0.796. The predicted octanol–water partition coefficient (Wildman–Crippen LogP) is 3.89. The van der Waals surface area contributed by atoms with Crippen molar-refractivity contribution in [2.45, 2.75) is 11.8 Å². The van der Waals surface area contributed by atoms with Crippen molar-refractivity contribution < 1.29 is 13.2 Å². The minimum Gasteiger partial charge on any atom is -0.342 e. The molecule has 8 heteroatoms. The van der Waals surface area contributed by atoms with E-state index in [0.717, 1.165) is 0 Å². The summed E-state index contributed by atoms with van der Waals surface area (Å²) in [5.74, 6) is -0.134. The van der Waals surface area contributed by atoms with Gasteiger partial charge in [0.25, 0.3) is 15.9 Å². The van der Waals surface area contributed by atoms with E-state index in [1.54, 1.807) is 24.1 Å². The molecule has 2 rings (SSSR count). The van der Waals surface area contributed by atoms with Crippen LogP contribution in [-0.2, 0) is 10.0 Å². The van der Waals surface area contributed by atoms with Gasteiger partial charge in [0.2, 0.25) is 0 Å². The van der Waals surface area contributed by atoms with Crippen LogP contribution in [0.15, 0.2) is 47.4 Å². The van der Waals surface area contributed by atoms with Crippen LogP contribution in [0.4, 0.5) is 5.69 Å². The van der Waals surface area contributed by atoms with Crippen molar-refractivity contribution in [2.75, 3.05) is 18.3 Å². The fourth-order valence-electron chi connectivity index (χ4n) is 1.94. The second-order valence-corrected chi connectivity index (χ2v) is 7.57. The van der Waals surface area contributed by atoms with Gasteiger partial charge in [-0.05, 0) is 49.4 Å². The zero-order valence-corrected chi connectivity index (χ0v) is 15.4. The second-order valence-electron chi connectivity index (χ2n) is 5.08. The van der Waals surface area contributed by atoms with Crippen molar-refractivity contribution in [1.29, 1.82) is 0 Å². The van der Waals surface area contributed by atoms with Gasteiger partial charge in [-0.1, -0.05) is 23.2 Å². The Morgan fingerprint density at radius 1 is 1.12 bits per heavy atom. The van der Waals surface area contributed by atoms with Crippen molar-refractivity contribution in [1.82, 2.24) is 4.90 Å². The molecule has 1 N–H and O–H groups in total. The van der Waals surface area contributed by atoms with Crippen LogP contribution < -0.4 is 4.72 Å². The summed E-state index contributed by atoms with van der Waals surface area (Å²) >= 11 is 11.8. The number of carbonyl (C=O) groups is 1. The minimum atomic E-state index is -3.88. The average molecular weight is 387 g/mol. The van der Waals surface area contributed by atoms with Gasteiger partial charge in [-0.15, -0.1) is 0 Å². The van der Waals surface area contributed by atoms with Crippen LogP contribution in [0, 0.1) is 0 Å². The van der Waals surface area contributed by atoms with E-state index in [9.17, 15) is 13.2 Å². The topological polar surface area (TPSA) is 66.5 Å².